The van der Waals surface area contributed by atoms with Crippen LogP contribution in [0.3, 0.4) is 0 Å². The lowest BCUT2D eigenvalue weighted by Crippen LogP contribution is -2.11. The highest BCUT2D eigenvalue weighted by Gasteiger charge is 2.06. The van der Waals surface area contributed by atoms with E-state index in [0.717, 1.165) is 24.2 Å². The van der Waals surface area contributed by atoms with Gasteiger partial charge in [0.2, 0.25) is 0 Å². The lowest BCUT2D eigenvalue weighted by atomic mass is 10.1. The lowest BCUT2D eigenvalue weighted by molar-refractivity contribution is 0.591. The molecule has 1 aromatic carbocycles. The monoisotopic (exact) mass is 273 g/mol. The molecule has 0 fully saturated rings. The molecular formula is C12H17BrFN. The highest BCUT2D eigenvalue weighted by Crippen LogP contribution is 2.24. The van der Waals surface area contributed by atoms with E-state index in [1.165, 1.54) is 0 Å². The number of hydrogen-bond acceptors (Lipinski definition) is 1. The summed E-state index contributed by atoms with van der Waals surface area (Å²) in [6, 6.07) is 3.34. The van der Waals surface area contributed by atoms with Crippen LogP contribution in [0.2, 0.25) is 0 Å². The standard InChI is InChI=1S/C12H17BrFN/c1-4-8(2)7-15-12-6-11(14)10(13)5-9(12)3/h5-6,8,15H,4,7H2,1-3H3. The van der Waals surface area contributed by atoms with Gasteiger partial charge in [-0.1, -0.05) is 20.3 Å². The maximum atomic E-state index is 13.3. The molecule has 1 rings (SSSR count). The van der Waals surface area contributed by atoms with E-state index in [-0.39, 0.29) is 5.82 Å². The van der Waals surface area contributed by atoms with Crippen LogP contribution in [0.5, 0.6) is 0 Å². The number of anilines is 1. The second-order valence-electron chi connectivity index (χ2n) is 3.98. The maximum Gasteiger partial charge on any atom is 0.139 e. The zero-order valence-corrected chi connectivity index (χ0v) is 11.0. The first kappa shape index (κ1) is 12.5. The predicted molar refractivity (Wildman–Crippen MR) is 66.8 cm³/mol. The topological polar surface area (TPSA) is 12.0 Å². The van der Waals surface area contributed by atoms with E-state index >= 15 is 0 Å². The van der Waals surface area contributed by atoms with Gasteiger partial charge in [0.25, 0.3) is 0 Å². The first-order valence-corrected chi connectivity index (χ1v) is 6.03. The highest BCUT2D eigenvalue weighted by atomic mass is 79.9. The summed E-state index contributed by atoms with van der Waals surface area (Å²) in [4.78, 5) is 0. The van der Waals surface area contributed by atoms with Crippen LogP contribution in [-0.2, 0) is 0 Å². The zero-order chi connectivity index (χ0) is 11.4. The Hall–Kier alpha value is -0.570. The SMILES string of the molecule is CCC(C)CNc1cc(F)c(Br)cc1C. The largest absolute Gasteiger partial charge is 0.384 e. The summed E-state index contributed by atoms with van der Waals surface area (Å²) in [7, 11) is 0. The molecule has 0 bridgehead atoms. The average Bonchev–Trinajstić information content (AvgIpc) is 2.21. The molecule has 84 valence electrons. The third-order valence-corrected chi connectivity index (χ3v) is 3.21. The van der Waals surface area contributed by atoms with Gasteiger partial charge in [0, 0.05) is 12.2 Å². The Morgan fingerprint density at radius 1 is 1.47 bits per heavy atom. The van der Waals surface area contributed by atoms with Crippen molar-refractivity contribution in [1.29, 1.82) is 0 Å². The Labute approximate surface area is 99.2 Å². The molecule has 3 heteroatoms. The smallest absolute Gasteiger partial charge is 0.139 e. The van der Waals surface area contributed by atoms with Gasteiger partial charge < -0.3 is 5.32 Å². The Morgan fingerprint density at radius 3 is 2.73 bits per heavy atom. The molecule has 1 atom stereocenters. The third-order valence-electron chi connectivity index (χ3n) is 2.61. The number of aryl methyl sites for hydroxylation is 1. The van der Waals surface area contributed by atoms with Crippen LogP contribution in [-0.4, -0.2) is 6.54 Å². The van der Waals surface area contributed by atoms with Crippen LogP contribution in [0.15, 0.2) is 16.6 Å². The van der Waals surface area contributed by atoms with Gasteiger partial charge in [0.15, 0.2) is 0 Å². The molecule has 1 unspecified atom stereocenters. The number of benzene rings is 1. The van der Waals surface area contributed by atoms with Crippen molar-refractivity contribution in [1.82, 2.24) is 0 Å². The van der Waals surface area contributed by atoms with E-state index in [0.29, 0.717) is 10.4 Å². The van der Waals surface area contributed by atoms with Gasteiger partial charge in [-0.25, -0.2) is 4.39 Å². The summed E-state index contributed by atoms with van der Waals surface area (Å²) in [5, 5.41) is 3.27. The minimum atomic E-state index is -0.216. The van der Waals surface area contributed by atoms with Crippen molar-refractivity contribution >= 4 is 21.6 Å². The van der Waals surface area contributed by atoms with Crippen molar-refractivity contribution in [3.63, 3.8) is 0 Å². The van der Waals surface area contributed by atoms with Crippen LogP contribution < -0.4 is 5.32 Å². The molecule has 0 aromatic heterocycles. The van der Waals surface area contributed by atoms with Gasteiger partial charge in [-0.15, -0.1) is 0 Å². The quantitative estimate of drug-likeness (QED) is 0.860. The molecule has 0 aliphatic rings. The fraction of sp³-hybridized carbons (Fsp3) is 0.500. The number of hydrogen-bond donors (Lipinski definition) is 1. The number of halogens is 2. The summed E-state index contributed by atoms with van der Waals surface area (Å²) in [5.74, 6) is 0.392. The van der Waals surface area contributed by atoms with E-state index < -0.39 is 0 Å². The molecule has 1 nitrogen and oxygen atoms in total. The summed E-state index contributed by atoms with van der Waals surface area (Å²) in [6.45, 7) is 7.19. The van der Waals surface area contributed by atoms with E-state index in [1.807, 2.05) is 6.92 Å². The molecule has 0 aliphatic heterocycles. The zero-order valence-electron chi connectivity index (χ0n) is 9.40. The van der Waals surface area contributed by atoms with Gasteiger partial charge in [0.05, 0.1) is 4.47 Å². The average molecular weight is 274 g/mol. The van der Waals surface area contributed by atoms with Gasteiger partial charge in [0.1, 0.15) is 5.82 Å². The molecule has 15 heavy (non-hydrogen) atoms. The van der Waals surface area contributed by atoms with Crippen molar-refractivity contribution in [2.45, 2.75) is 27.2 Å². The van der Waals surface area contributed by atoms with Crippen LogP contribution in [0.4, 0.5) is 10.1 Å². The van der Waals surface area contributed by atoms with Crippen molar-refractivity contribution in [2.75, 3.05) is 11.9 Å². The van der Waals surface area contributed by atoms with E-state index in [1.54, 1.807) is 12.1 Å². The van der Waals surface area contributed by atoms with Gasteiger partial charge in [-0.05, 0) is 46.5 Å². The Morgan fingerprint density at radius 2 is 2.13 bits per heavy atom. The van der Waals surface area contributed by atoms with Crippen molar-refractivity contribution in [3.05, 3.63) is 28.0 Å². The molecule has 0 spiro atoms. The summed E-state index contributed by atoms with van der Waals surface area (Å²) in [6.07, 6.45) is 1.13. The number of rotatable bonds is 4. The first-order chi connectivity index (χ1) is 7.04. The molecular weight excluding hydrogens is 257 g/mol. The van der Waals surface area contributed by atoms with Crippen LogP contribution >= 0.6 is 15.9 Å². The molecule has 0 aliphatic carbocycles. The van der Waals surface area contributed by atoms with Crippen molar-refractivity contribution in [3.8, 4) is 0 Å². The van der Waals surface area contributed by atoms with E-state index in [2.05, 4.69) is 35.1 Å². The summed E-state index contributed by atoms with van der Waals surface area (Å²) < 4.78 is 13.8. The van der Waals surface area contributed by atoms with Crippen LogP contribution in [0, 0.1) is 18.7 Å². The molecule has 0 heterocycles. The first-order valence-electron chi connectivity index (χ1n) is 5.24. The van der Waals surface area contributed by atoms with Gasteiger partial charge in [-0.2, -0.15) is 0 Å². The maximum absolute atomic E-state index is 13.3. The molecule has 1 aromatic rings. The molecule has 0 amide bonds. The highest BCUT2D eigenvalue weighted by molar-refractivity contribution is 9.10. The molecule has 0 radical (unpaired) electrons. The van der Waals surface area contributed by atoms with Crippen LogP contribution in [0.1, 0.15) is 25.8 Å². The van der Waals surface area contributed by atoms with E-state index in [9.17, 15) is 4.39 Å². The fourth-order valence-electron chi connectivity index (χ4n) is 1.27. The minimum absolute atomic E-state index is 0.216. The second-order valence-corrected chi connectivity index (χ2v) is 4.83. The lowest BCUT2D eigenvalue weighted by Gasteiger charge is -2.14. The van der Waals surface area contributed by atoms with Gasteiger partial charge in [-0.3, -0.25) is 0 Å². The van der Waals surface area contributed by atoms with Crippen molar-refractivity contribution in [2.24, 2.45) is 5.92 Å². The Bertz CT molecular complexity index is 339. The minimum Gasteiger partial charge on any atom is -0.384 e. The predicted octanol–water partition coefficient (Wildman–Crippen LogP) is 4.35. The molecule has 0 saturated carbocycles. The number of nitrogens with one attached hydrogen (secondary N) is 1. The summed E-state index contributed by atoms with van der Waals surface area (Å²) >= 11 is 3.17. The fourth-order valence-corrected chi connectivity index (χ4v) is 1.72. The second kappa shape index (κ2) is 5.50. The molecule has 0 saturated heterocycles. The van der Waals surface area contributed by atoms with Crippen LogP contribution in [0.25, 0.3) is 0 Å². The molecule has 1 N–H and O–H groups in total. The normalized spacial score (nSPS) is 12.6. The van der Waals surface area contributed by atoms with E-state index in [4.69, 9.17) is 0 Å². The van der Waals surface area contributed by atoms with Gasteiger partial charge >= 0.3 is 0 Å². The van der Waals surface area contributed by atoms with Crippen molar-refractivity contribution < 1.29 is 4.39 Å². The Balaban J connectivity index is 2.73. The summed E-state index contributed by atoms with van der Waals surface area (Å²) in [5.41, 5.74) is 1.95. The third kappa shape index (κ3) is 3.49. The Kier molecular flexibility index (Phi) is 4.58.